The zero-order valence-corrected chi connectivity index (χ0v) is 19.2. The predicted molar refractivity (Wildman–Crippen MR) is 123 cm³/mol. The number of methoxy groups -OCH3 is 1. The van der Waals surface area contributed by atoms with Gasteiger partial charge in [0.1, 0.15) is 10.8 Å². The molecule has 0 spiro atoms. The molecule has 0 aliphatic carbocycles. The van der Waals surface area contributed by atoms with Crippen molar-refractivity contribution in [3.63, 3.8) is 0 Å². The van der Waals surface area contributed by atoms with E-state index in [9.17, 15) is 19.5 Å². The summed E-state index contributed by atoms with van der Waals surface area (Å²) in [5, 5.41) is 12.4. The van der Waals surface area contributed by atoms with Crippen LogP contribution in [0.4, 0.5) is 5.00 Å². The molecule has 4 rings (SSSR count). The molecule has 0 radical (unpaired) electrons. The van der Waals surface area contributed by atoms with E-state index in [1.54, 1.807) is 6.07 Å². The van der Waals surface area contributed by atoms with Crippen LogP contribution >= 0.6 is 11.3 Å². The lowest BCUT2D eigenvalue weighted by Gasteiger charge is -2.09. The van der Waals surface area contributed by atoms with E-state index in [2.05, 4.69) is 5.32 Å². The molecule has 1 aliphatic rings. The molecule has 1 aromatic heterocycles. The highest BCUT2D eigenvalue weighted by atomic mass is 32.1. The van der Waals surface area contributed by atoms with E-state index in [1.165, 1.54) is 42.7 Å². The summed E-state index contributed by atoms with van der Waals surface area (Å²) >= 11 is 1.23. The quantitative estimate of drug-likeness (QED) is 0.489. The Morgan fingerprint density at radius 2 is 1.88 bits per heavy atom. The number of nitrogens with one attached hydrogen (secondary N) is 1. The SMILES string of the molecule is COC(=O)c1c(NC(=O)COC(=O)c2cccc(O)c2)sc(C)c1Cc1ccc2c(c1)OCO2. The van der Waals surface area contributed by atoms with Gasteiger partial charge in [-0.15, -0.1) is 11.3 Å². The number of benzene rings is 2. The highest BCUT2D eigenvalue weighted by Crippen LogP contribution is 2.37. The minimum atomic E-state index is -0.759. The molecule has 2 heterocycles. The number of carbonyl (C=O) groups is 3. The molecule has 2 aromatic carbocycles. The number of hydrogen-bond donors (Lipinski definition) is 2. The molecule has 3 aromatic rings. The van der Waals surface area contributed by atoms with Gasteiger partial charge < -0.3 is 29.4 Å². The van der Waals surface area contributed by atoms with Crippen LogP contribution in [0, 0.1) is 6.92 Å². The first-order valence-electron chi connectivity index (χ1n) is 10.2. The number of esters is 2. The summed E-state index contributed by atoms with van der Waals surface area (Å²) in [5.41, 5.74) is 1.97. The van der Waals surface area contributed by atoms with E-state index in [-0.39, 0.29) is 23.7 Å². The predicted octanol–water partition coefficient (Wildman–Crippen LogP) is 3.66. The fraction of sp³-hybridized carbons (Fsp3) is 0.208. The lowest BCUT2D eigenvalue weighted by molar-refractivity contribution is -0.119. The molecule has 0 atom stereocenters. The van der Waals surface area contributed by atoms with Crippen LogP contribution in [0.3, 0.4) is 0 Å². The first-order chi connectivity index (χ1) is 16.4. The standard InChI is InChI=1S/C24H21NO8S/c1-13-17(8-14-6-7-18-19(9-14)33-12-32-18)21(24(29)30-2)22(34-13)25-20(27)11-31-23(28)15-4-3-5-16(26)10-15/h3-7,9-10,26H,8,11-12H2,1-2H3,(H,25,27). The summed E-state index contributed by atoms with van der Waals surface area (Å²) < 4.78 is 20.7. The van der Waals surface area contributed by atoms with E-state index in [0.29, 0.717) is 28.5 Å². The number of amides is 1. The van der Waals surface area contributed by atoms with Crippen LogP contribution in [-0.2, 0) is 20.7 Å². The number of thiophene rings is 1. The molecule has 1 amide bonds. The van der Waals surface area contributed by atoms with Crippen molar-refractivity contribution in [3.05, 3.63) is 69.6 Å². The number of aryl methyl sites for hydroxylation is 1. The zero-order chi connectivity index (χ0) is 24.2. The van der Waals surface area contributed by atoms with Crippen molar-refractivity contribution in [1.29, 1.82) is 0 Å². The fourth-order valence-electron chi connectivity index (χ4n) is 3.46. The number of aromatic hydroxyl groups is 1. The van der Waals surface area contributed by atoms with E-state index in [0.717, 1.165) is 10.4 Å². The van der Waals surface area contributed by atoms with E-state index >= 15 is 0 Å². The summed E-state index contributed by atoms with van der Waals surface area (Å²) in [7, 11) is 1.27. The number of hydrogen-bond acceptors (Lipinski definition) is 9. The third-order valence-corrected chi connectivity index (χ3v) is 6.15. The molecule has 0 saturated heterocycles. The van der Waals surface area contributed by atoms with Crippen molar-refractivity contribution in [2.75, 3.05) is 25.8 Å². The zero-order valence-electron chi connectivity index (χ0n) is 18.4. The van der Waals surface area contributed by atoms with Gasteiger partial charge in [-0.05, 0) is 54.8 Å². The van der Waals surface area contributed by atoms with Crippen molar-refractivity contribution >= 4 is 34.2 Å². The van der Waals surface area contributed by atoms with Gasteiger partial charge in [0.25, 0.3) is 5.91 Å². The normalized spacial score (nSPS) is 11.7. The van der Waals surface area contributed by atoms with E-state index in [4.69, 9.17) is 18.9 Å². The Balaban J connectivity index is 1.49. The number of anilines is 1. The average molecular weight is 483 g/mol. The van der Waals surface area contributed by atoms with Crippen molar-refractivity contribution in [2.24, 2.45) is 0 Å². The van der Waals surface area contributed by atoms with Gasteiger partial charge >= 0.3 is 11.9 Å². The van der Waals surface area contributed by atoms with Crippen molar-refractivity contribution < 1.29 is 38.4 Å². The molecule has 0 bridgehead atoms. The maximum atomic E-state index is 12.6. The molecule has 9 nitrogen and oxygen atoms in total. The highest BCUT2D eigenvalue weighted by Gasteiger charge is 2.25. The van der Waals surface area contributed by atoms with Gasteiger partial charge in [0.2, 0.25) is 6.79 Å². The molecule has 0 saturated carbocycles. The molecule has 176 valence electrons. The highest BCUT2D eigenvalue weighted by molar-refractivity contribution is 7.16. The number of phenolic OH excluding ortho intramolecular Hbond substituents is 1. The Morgan fingerprint density at radius 3 is 2.65 bits per heavy atom. The summed E-state index contributed by atoms with van der Waals surface area (Å²) in [5.74, 6) is -0.767. The van der Waals surface area contributed by atoms with Gasteiger partial charge in [-0.3, -0.25) is 4.79 Å². The molecule has 1 aliphatic heterocycles. The smallest absolute Gasteiger partial charge is 0.341 e. The van der Waals surface area contributed by atoms with E-state index in [1.807, 2.05) is 19.1 Å². The second-order valence-electron chi connectivity index (χ2n) is 7.37. The Kier molecular flexibility index (Phi) is 6.69. The van der Waals surface area contributed by atoms with Crippen LogP contribution in [-0.4, -0.2) is 43.5 Å². The molecule has 34 heavy (non-hydrogen) atoms. The second kappa shape index (κ2) is 9.84. The molecule has 0 fully saturated rings. The molecule has 2 N–H and O–H groups in total. The molecule has 10 heteroatoms. The first-order valence-corrected chi connectivity index (χ1v) is 11.0. The number of rotatable bonds is 7. The van der Waals surface area contributed by atoms with Gasteiger partial charge in [0.15, 0.2) is 18.1 Å². The minimum absolute atomic E-state index is 0.0920. The molecular formula is C24H21NO8S. The number of fused-ring (bicyclic) bond motifs is 1. The van der Waals surface area contributed by atoms with Crippen LogP contribution in [0.5, 0.6) is 17.2 Å². The summed E-state index contributed by atoms with van der Waals surface area (Å²) in [6.07, 6.45) is 0.408. The minimum Gasteiger partial charge on any atom is -0.508 e. The van der Waals surface area contributed by atoms with Crippen LogP contribution in [0.1, 0.15) is 36.7 Å². The summed E-state index contributed by atoms with van der Waals surface area (Å²) in [4.78, 5) is 38.0. The maximum Gasteiger partial charge on any atom is 0.341 e. The third kappa shape index (κ3) is 4.96. The molecular weight excluding hydrogens is 462 g/mol. The summed E-state index contributed by atoms with van der Waals surface area (Å²) in [6.45, 7) is 1.44. The number of ether oxygens (including phenoxy) is 4. The van der Waals surface area contributed by atoms with Crippen LogP contribution in [0.25, 0.3) is 0 Å². The van der Waals surface area contributed by atoms with Gasteiger partial charge in [-0.25, -0.2) is 9.59 Å². The average Bonchev–Trinajstić information content (AvgIpc) is 3.40. The van der Waals surface area contributed by atoms with Crippen molar-refractivity contribution in [2.45, 2.75) is 13.3 Å². The Labute approximate surface area is 198 Å². The first kappa shape index (κ1) is 23.1. The summed E-state index contributed by atoms with van der Waals surface area (Å²) in [6, 6.07) is 11.1. The fourth-order valence-corrected chi connectivity index (χ4v) is 4.54. The van der Waals surface area contributed by atoms with Gasteiger partial charge in [0.05, 0.1) is 18.2 Å². The third-order valence-electron chi connectivity index (χ3n) is 5.09. The number of carbonyl (C=O) groups excluding carboxylic acids is 3. The van der Waals surface area contributed by atoms with Crippen LogP contribution < -0.4 is 14.8 Å². The van der Waals surface area contributed by atoms with Gasteiger partial charge in [0, 0.05) is 4.88 Å². The Hall–Kier alpha value is -4.05. The lowest BCUT2D eigenvalue weighted by atomic mass is 10.0. The maximum absolute atomic E-state index is 12.6. The Morgan fingerprint density at radius 1 is 1.09 bits per heavy atom. The molecule has 0 unspecified atom stereocenters. The van der Waals surface area contributed by atoms with Crippen molar-refractivity contribution in [1.82, 2.24) is 0 Å². The Bertz CT molecular complexity index is 1270. The lowest BCUT2D eigenvalue weighted by Crippen LogP contribution is -2.21. The van der Waals surface area contributed by atoms with Crippen LogP contribution in [0.15, 0.2) is 42.5 Å². The van der Waals surface area contributed by atoms with Gasteiger partial charge in [-0.2, -0.15) is 0 Å². The topological polar surface area (TPSA) is 120 Å². The van der Waals surface area contributed by atoms with Gasteiger partial charge in [-0.1, -0.05) is 12.1 Å². The monoisotopic (exact) mass is 483 g/mol. The second-order valence-corrected chi connectivity index (χ2v) is 8.60. The van der Waals surface area contributed by atoms with Crippen molar-refractivity contribution in [3.8, 4) is 17.2 Å². The largest absolute Gasteiger partial charge is 0.508 e. The van der Waals surface area contributed by atoms with E-state index < -0.39 is 24.5 Å². The van der Waals surface area contributed by atoms with Crippen LogP contribution in [0.2, 0.25) is 0 Å². The number of phenols is 1.